The SMILES string of the molecule is CCCNCC1COCCN1CCc1ccc(OC)cc1. The molecule has 21 heavy (non-hydrogen) atoms. The minimum Gasteiger partial charge on any atom is -0.497 e. The fourth-order valence-corrected chi connectivity index (χ4v) is 2.68. The Balaban J connectivity index is 1.80. The number of benzene rings is 1. The van der Waals surface area contributed by atoms with Gasteiger partial charge in [0, 0.05) is 25.7 Å². The molecule has 1 fully saturated rings. The summed E-state index contributed by atoms with van der Waals surface area (Å²) in [6.45, 7) is 8.14. The maximum absolute atomic E-state index is 5.63. The lowest BCUT2D eigenvalue weighted by molar-refractivity contribution is -0.00610. The molecule has 1 aromatic rings. The van der Waals surface area contributed by atoms with Crippen LogP contribution in [-0.2, 0) is 11.2 Å². The predicted octanol–water partition coefficient (Wildman–Crippen LogP) is 1.94. The number of methoxy groups -OCH3 is 1. The Morgan fingerprint density at radius 2 is 2.14 bits per heavy atom. The molecule has 1 heterocycles. The number of hydrogen-bond acceptors (Lipinski definition) is 4. The van der Waals surface area contributed by atoms with E-state index in [9.17, 15) is 0 Å². The fourth-order valence-electron chi connectivity index (χ4n) is 2.68. The van der Waals surface area contributed by atoms with Crippen LogP contribution in [0.5, 0.6) is 5.75 Å². The molecule has 1 saturated heterocycles. The monoisotopic (exact) mass is 292 g/mol. The molecule has 0 spiro atoms. The van der Waals surface area contributed by atoms with Crippen molar-refractivity contribution in [2.75, 3.05) is 46.5 Å². The number of nitrogens with zero attached hydrogens (tertiary/aromatic N) is 1. The summed E-state index contributed by atoms with van der Waals surface area (Å²) >= 11 is 0. The van der Waals surface area contributed by atoms with Crippen molar-refractivity contribution in [1.29, 1.82) is 0 Å². The van der Waals surface area contributed by atoms with E-state index in [2.05, 4.69) is 29.3 Å². The topological polar surface area (TPSA) is 33.7 Å². The summed E-state index contributed by atoms with van der Waals surface area (Å²) in [5.41, 5.74) is 1.36. The molecule has 1 aliphatic rings. The van der Waals surface area contributed by atoms with Gasteiger partial charge in [0.25, 0.3) is 0 Å². The van der Waals surface area contributed by atoms with Gasteiger partial charge < -0.3 is 14.8 Å². The zero-order valence-electron chi connectivity index (χ0n) is 13.3. The third-order valence-electron chi connectivity index (χ3n) is 4.00. The van der Waals surface area contributed by atoms with Gasteiger partial charge in [-0.1, -0.05) is 19.1 Å². The Bertz CT molecular complexity index is 394. The quantitative estimate of drug-likeness (QED) is 0.743. The predicted molar refractivity (Wildman–Crippen MR) is 86.0 cm³/mol. The molecule has 4 heteroatoms. The first-order valence-electron chi connectivity index (χ1n) is 7.99. The second-order valence-electron chi connectivity index (χ2n) is 5.57. The zero-order chi connectivity index (χ0) is 14.9. The van der Waals surface area contributed by atoms with Crippen LogP contribution in [0.1, 0.15) is 18.9 Å². The van der Waals surface area contributed by atoms with Gasteiger partial charge in [-0.2, -0.15) is 0 Å². The second kappa shape index (κ2) is 9.03. The molecule has 0 aliphatic carbocycles. The van der Waals surface area contributed by atoms with Gasteiger partial charge in [-0.25, -0.2) is 0 Å². The smallest absolute Gasteiger partial charge is 0.118 e. The molecule has 0 saturated carbocycles. The molecule has 2 rings (SSSR count). The standard InChI is InChI=1S/C17H28N2O2/c1-3-9-18-13-16-14-21-12-11-19(16)10-8-15-4-6-17(20-2)7-5-15/h4-7,16,18H,3,8-14H2,1-2H3. The summed E-state index contributed by atoms with van der Waals surface area (Å²) in [6, 6.07) is 8.89. The molecular weight excluding hydrogens is 264 g/mol. The van der Waals surface area contributed by atoms with E-state index in [1.807, 2.05) is 12.1 Å². The van der Waals surface area contributed by atoms with Gasteiger partial charge in [0.2, 0.25) is 0 Å². The Labute approximate surface area is 128 Å². The molecule has 1 aliphatic heterocycles. The fraction of sp³-hybridized carbons (Fsp3) is 0.647. The molecule has 4 nitrogen and oxygen atoms in total. The van der Waals surface area contributed by atoms with E-state index in [-0.39, 0.29) is 0 Å². The highest BCUT2D eigenvalue weighted by molar-refractivity contribution is 5.27. The van der Waals surface area contributed by atoms with E-state index in [1.54, 1.807) is 7.11 Å². The minimum absolute atomic E-state index is 0.503. The molecule has 0 bridgehead atoms. The van der Waals surface area contributed by atoms with E-state index >= 15 is 0 Å². The second-order valence-corrected chi connectivity index (χ2v) is 5.57. The van der Waals surface area contributed by atoms with E-state index in [4.69, 9.17) is 9.47 Å². The lowest BCUT2D eigenvalue weighted by atomic mass is 10.1. The highest BCUT2D eigenvalue weighted by Crippen LogP contribution is 2.13. The molecule has 1 aromatic carbocycles. The maximum Gasteiger partial charge on any atom is 0.118 e. The van der Waals surface area contributed by atoms with Gasteiger partial charge in [-0.05, 0) is 37.1 Å². The summed E-state index contributed by atoms with van der Waals surface area (Å²) in [5.74, 6) is 0.923. The Morgan fingerprint density at radius 1 is 1.33 bits per heavy atom. The molecule has 1 atom stereocenters. The highest BCUT2D eigenvalue weighted by Gasteiger charge is 2.22. The minimum atomic E-state index is 0.503. The third kappa shape index (κ3) is 5.30. The Kier molecular flexibility index (Phi) is 7.00. The van der Waals surface area contributed by atoms with Crippen LogP contribution in [0.25, 0.3) is 0 Å². The first-order chi connectivity index (χ1) is 10.3. The van der Waals surface area contributed by atoms with Crippen molar-refractivity contribution >= 4 is 0 Å². The van der Waals surface area contributed by atoms with Crippen LogP contribution in [0.4, 0.5) is 0 Å². The molecule has 0 amide bonds. The van der Waals surface area contributed by atoms with Crippen molar-refractivity contribution in [3.63, 3.8) is 0 Å². The molecule has 1 unspecified atom stereocenters. The van der Waals surface area contributed by atoms with E-state index in [0.717, 1.165) is 51.6 Å². The van der Waals surface area contributed by atoms with Crippen LogP contribution >= 0.6 is 0 Å². The van der Waals surface area contributed by atoms with Crippen LogP contribution in [0.15, 0.2) is 24.3 Å². The maximum atomic E-state index is 5.63. The summed E-state index contributed by atoms with van der Waals surface area (Å²) in [6.07, 6.45) is 2.26. The lowest BCUT2D eigenvalue weighted by Crippen LogP contribution is -2.51. The zero-order valence-corrected chi connectivity index (χ0v) is 13.3. The average molecular weight is 292 g/mol. The molecule has 118 valence electrons. The molecule has 1 N–H and O–H groups in total. The van der Waals surface area contributed by atoms with Gasteiger partial charge in [-0.3, -0.25) is 4.90 Å². The van der Waals surface area contributed by atoms with Crippen molar-refractivity contribution in [2.24, 2.45) is 0 Å². The van der Waals surface area contributed by atoms with E-state index < -0.39 is 0 Å². The van der Waals surface area contributed by atoms with Crippen molar-refractivity contribution < 1.29 is 9.47 Å². The van der Waals surface area contributed by atoms with Crippen molar-refractivity contribution in [2.45, 2.75) is 25.8 Å². The van der Waals surface area contributed by atoms with Crippen LogP contribution < -0.4 is 10.1 Å². The normalized spacial score (nSPS) is 19.6. The lowest BCUT2D eigenvalue weighted by Gasteiger charge is -2.35. The third-order valence-corrected chi connectivity index (χ3v) is 4.00. The van der Waals surface area contributed by atoms with E-state index in [1.165, 1.54) is 12.0 Å². The van der Waals surface area contributed by atoms with Gasteiger partial charge >= 0.3 is 0 Å². The summed E-state index contributed by atoms with van der Waals surface area (Å²) in [5, 5.41) is 3.51. The van der Waals surface area contributed by atoms with Gasteiger partial charge in [-0.15, -0.1) is 0 Å². The number of nitrogens with one attached hydrogen (secondary N) is 1. The number of morpholine rings is 1. The van der Waals surface area contributed by atoms with Gasteiger partial charge in [0.15, 0.2) is 0 Å². The van der Waals surface area contributed by atoms with Crippen molar-refractivity contribution in [1.82, 2.24) is 10.2 Å². The Hall–Kier alpha value is -1.10. The van der Waals surface area contributed by atoms with Crippen LogP contribution in [-0.4, -0.2) is 57.4 Å². The molecule has 0 radical (unpaired) electrons. The van der Waals surface area contributed by atoms with E-state index in [0.29, 0.717) is 6.04 Å². The number of ether oxygens (including phenoxy) is 2. The van der Waals surface area contributed by atoms with Gasteiger partial charge in [0.1, 0.15) is 5.75 Å². The molecular formula is C17H28N2O2. The summed E-state index contributed by atoms with van der Waals surface area (Å²) < 4.78 is 10.8. The first kappa shape index (κ1) is 16.3. The number of hydrogen-bond donors (Lipinski definition) is 1. The van der Waals surface area contributed by atoms with Crippen LogP contribution in [0.3, 0.4) is 0 Å². The highest BCUT2D eigenvalue weighted by atomic mass is 16.5. The summed E-state index contributed by atoms with van der Waals surface area (Å²) in [7, 11) is 1.70. The van der Waals surface area contributed by atoms with Gasteiger partial charge in [0.05, 0.1) is 20.3 Å². The van der Waals surface area contributed by atoms with Crippen molar-refractivity contribution in [3.8, 4) is 5.75 Å². The largest absolute Gasteiger partial charge is 0.497 e. The summed E-state index contributed by atoms with van der Waals surface area (Å²) in [4.78, 5) is 2.55. The Morgan fingerprint density at radius 3 is 2.86 bits per heavy atom. The van der Waals surface area contributed by atoms with Crippen LogP contribution in [0, 0.1) is 0 Å². The average Bonchev–Trinajstić information content (AvgIpc) is 2.54. The van der Waals surface area contributed by atoms with Crippen LogP contribution in [0.2, 0.25) is 0 Å². The molecule has 0 aromatic heterocycles. The van der Waals surface area contributed by atoms with Crippen molar-refractivity contribution in [3.05, 3.63) is 29.8 Å². The first-order valence-corrected chi connectivity index (χ1v) is 7.99. The number of rotatable bonds is 8.